The Kier molecular flexibility index (Phi) is 3.68. The molecular formula is C12H15ClN4O3S. The molecule has 2 atom stereocenters. The van der Waals surface area contributed by atoms with Gasteiger partial charge in [-0.15, -0.1) is 0 Å². The van der Waals surface area contributed by atoms with Gasteiger partial charge in [-0.1, -0.05) is 11.6 Å². The lowest BCUT2D eigenvalue weighted by Crippen LogP contribution is -2.51. The van der Waals surface area contributed by atoms with Crippen LogP contribution >= 0.6 is 11.6 Å². The molecule has 1 aliphatic heterocycles. The van der Waals surface area contributed by atoms with Gasteiger partial charge in [-0.3, -0.25) is 4.55 Å². The van der Waals surface area contributed by atoms with Crippen LogP contribution in [0.25, 0.3) is 10.9 Å². The molecule has 0 saturated heterocycles. The molecule has 0 fully saturated rings. The summed E-state index contributed by atoms with van der Waals surface area (Å²) in [6, 6.07) is 5.07. The lowest BCUT2D eigenvalue weighted by molar-refractivity contribution is 0.381. The molecule has 114 valence electrons. The number of aromatic nitrogens is 1. The summed E-state index contributed by atoms with van der Waals surface area (Å²) in [5, 5.41) is 4.79. The Morgan fingerprint density at radius 2 is 2.24 bits per heavy atom. The first kappa shape index (κ1) is 14.8. The molecule has 2 unspecified atom stereocenters. The highest BCUT2D eigenvalue weighted by Gasteiger charge is 2.30. The third-order valence-electron chi connectivity index (χ3n) is 3.60. The van der Waals surface area contributed by atoms with Crippen LogP contribution in [0.3, 0.4) is 0 Å². The van der Waals surface area contributed by atoms with Crippen molar-refractivity contribution in [3.8, 4) is 0 Å². The van der Waals surface area contributed by atoms with Crippen LogP contribution in [0.4, 0.5) is 0 Å². The van der Waals surface area contributed by atoms with Crippen LogP contribution in [-0.2, 0) is 16.7 Å². The molecule has 0 saturated carbocycles. The predicted molar refractivity (Wildman–Crippen MR) is 80.4 cm³/mol. The summed E-state index contributed by atoms with van der Waals surface area (Å²) in [5.74, 6) is 0. The first-order valence-corrected chi connectivity index (χ1v) is 8.20. The Bertz CT molecular complexity index is 789. The number of H-pyrrole nitrogens is 1. The number of nitrogens with two attached hydrogens (primary N) is 1. The van der Waals surface area contributed by atoms with Gasteiger partial charge in [-0.05, 0) is 36.7 Å². The summed E-state index contributed by atoms with van der Waals surface area (Å²) in [7, 11) is -4.36. The van der Waals surface area contributed by atoms with Gasteiger partial charge >= 0.3 is 10.3 Å². The van der Waals surface area contributed by atoms with Gasteiger partial charge in [-0.25, -0.2) is 0 Å². The van der Waals surface area contributed by atoms with Crippen LogP contribution in [0.5, 0.6) is 0 Å². The third-order valence-corrected chi connectivity index (χ3v) is 4.40. The van der Waals surface area contributed by atoms with Gasteiger partial charge in [0.2, 0.25) is 0 Å². The number of benzene rings is 1. The van der Waals surface area contributed by atoms with E-state index in [0.29, 0.717) is 11.6 Å². The van der Waals surface area contributed by atoms with Crippen molar-refractivity contribution in [2.24, 2.45) is 5.73 Å². The summed E-state index contributed by atoms with van der Waals surface area (Å²) in [6.07, 6.45) is -0.201. The maximum atomic E-state index is 10.9. The molecule has 6 N–H and O–H groups in total. The monoisotopic (exact) mass is 330 g/mol. The zero-order valence-corrected chi connectivity index (χ0v) is 12.5. The average Bonchev–Trinajstić information content (AvgIpc) is 2.74. The number of hydrogen-bond acceptors (Lipinski definition) is 4. The molecule has 7 nitrogen and oxygen atoms in total. The maximum Gasteiger partial charge on any atom is 0.334 e. The fourth-order valence-electron chi connectivity index (χ4n) is 2.78. The van der Waals surface area contributed by atoms with Gasteiger partial charge in [-0.2, -0.15) is 13.1 Å². The molecular weight excluding hydrogens is 316 g/mol. The van der Waals surface area contributed by atoms with E-state index in [0.717, 1.165) is 28.6 Å². The van der Waals surface area contributed by atoms with E-state index in [1.807, 2.05) is 16.9 Å². The Hall–Kier alpha value is -1.16. The molecule has 2 heterocycles. The van der Waals surface area contributed by atoms with Crippen LogP contribution in [-0.4, -0.2) is 30.7 Å². The highest BCUT2D eigenvalue weighted by atomic mass is 35.5. The van der Waals surface area contributed by atoms with Crippen molar-refractivity contribution in [2.45, 2.75) is 18.6 Å². The van der Waals surface area contributed by atoms with E-state index in [4.69, 9.17) is 21.9 Å². The van der Waals surface area contributed by atoms with Crippen molar-refractivity contribution in [3.05, 3.63) is 34.5 Å². The maximum absolute atomic E-state index is 10.9. The van der Waals surface area contributed by atoms with E-state index in [-0.39, 0.29) is 0 Å². The van der Waals surface area contributed by atoms with E-state index < -0.39 is 22.5 Å². The molecule has 0 amide bonds. The lowest BCUT2D eigenvalue weighted by Gasteiger charge is -2.28. The fourth-order valence-corrected chi connectivity index (χ4v) is 3.43. The summed E-state index contributed by atoms with van der Waals surface area (Å²) in [6.45, 7) is 0.651. The van der Waals surface area contributed by atoms with Crippen molar-refractivity contribution in [3.63, 3.8) is 0 Å². The minimum absolute atomic E-state index is 0.457. The van der Waals surface area contributed by atoms with E-state index in [2.05, 4.69) is 10.3 Å². The summed E-state index contributed by atoms with van der Waals surface area (Å²) < 4.78 is 32.7. The van der Waals surface area contributed by atoms with Gasteiger partial charge in [0.15, 0.2) is 0 Å². The number of aromatic amines is 1. The molecule has 3 rings (SSSR count). The highest BCUT2D eigenvalue weighted by Crippen LogP contribution is 2.32. The minimum Gasteiger partial charge on any atom is -0.357 e. The van der Waals surface area contributed by atoms with Gasteiger partial charge in [0.1, 0.15) is 0 Å². The minimum atomic E-state index is -4.36. The summed E-state index contributed by atoms with van der Waals surface area (Å²) >= 11 is 6.03. The van der Waals surface area contributed by atoms with E-state index >= 15 is 0 Å². The second kappa shape index (κ2) is 5.24. The van der Waals surface area contributed by atoms with Crippen molar-refractivity contribution < 1.29 is 13.0 Å². The molecule has 1 aromatic carbocycles. The van der Waals surface area contributed by atoms with Crippen molar-refractivity contribution >= 4 is 32.8 Å². The number of rotatable bonds is 3. The third kappa shape index (κ3) is 2.91. The molecule has 0 bridgehead atoms. The van der Waals surface area contributed by atoms with Gasteiger partial charge < -0.3 is 16.0 Å². The van der Waals surface area contributed by atoms with Gasteiger partial charge in [0.05, 0.1) is 12.2 Å². The van der Waals surface area contributed by atoms with Gasteiger partial charge in [0.25, 0.3) is 0 Å². The zero-order chi connectivity index (χ0) is 15.2. The van der Waals surface area contributed by atoms with Crippen molar-refractivity contribution in [2.75, 3.05) is 6.54 Å². The Morgan fingerprint density at radius 1 is 1.48 bits per heavy atom. The zero-order valence-electron chi connectivity index (χ0n) is 10.9. The first-order chi connectivity index (χ1) is 9.85. The predicted octanol–water partition coefficient (Wildman–Crippen LogP) is 0.685. The van der Waals surface area contributed by atoms with Crippen molar-refractivity contribution in [1.82, 2.24) is 15.0 Å². The Balaban J connectivity index is 2.04. The smallest absolute Gasteiger partial charge is 0.334 e. The molecule has 21 heavy (non-hydrogen) atoms. The molecule has 9 heteroatoms. The second-order valence-electron chi connectivity index (χ2n) is 5.01. The molecule has 1 aliphatic rings. The number of nitrogens with one attached hydrogen (secondary N) is 3. The fraction of sp³-hybridized carbons (Fsp3) is 0.333. The normalized spacial score (nSPS) is 20.4. The van der Waals surface area contributed by atoms with Crippen LogP contribution in [0.2, 0.25) is 5.02 Å². The highest BCUT2D eigenvalue weighted by molar-refractivity contribution is 7.83. The topological polar surface area (TPSA) is 120 Å². The first-order valence-electron chi connectivity index (χ1n) is 6.39. The summed E-state index contributed by atoms with van der Waals surface area (Å²) in [4.78, 5) is 3.24. The van der Waals surface area contributed by atoms with Crippen molar-refractivity contribution in [1.29, 1.82) is 0 Å². The molecule has 1 aromatic heterocycles. The molecule has 0 spiro atoms. The number of halogens is 1. The molecule has 2 aromatic rings. The standard InChI is InChI=1S/C12H15ClN4O3S/c13-6-1-2-9-8(5-6)7-3-4-15-11(10(7)16-9)12(14)17-21(18,19)20/h1-2,5,11-12,15-17H,3-4,14H2,(H,18,19,20). The molecule has 0 aliphatic carbocycles. The summed E-state index contributed by atoms with van der Waals surface area (Å²) in [5.41, 5.74) is 8.62. The second-order valence-corrected chi connectivity index (χ2v) is 6.63. The van der Waals surface area contributed by atoms with E-state index in [1.165, 1.54) is 0 Å². The quantitative estimate of drug-likeness (QED) is 0.419. The SMILES string of the molecule is NC(NS(=O)(=O)O)C1NCCc2c1[nH]c1ccc(Cl)cc21. The van der Waals surface area contributed by atoms with E-state index in [1.54, 1.807) is 6.07 Å². The molecule has 0 radical (unpaired) electrons. The average molecular weight is 331 g/mol. The largest absolute Gasteiger partial charge is 0.357 e. The van der Waals surface area contributed by atoms with Gasteiger partial charge in [0, 0.05) is 21.6 Å². The number of fused-ring (bicyclic) bond motifs is 3. The Labute approximate surface area is 126 Å². The van der Waals surface area contributed by atoms with E-state index in [9.17, 15) is 8.42 Å². The number of hydrogen-bond donors (Lipinski definition) is 5. The van der Waals surface area contributed by atoms with Crippen LogP contribution in [0, 0.1) is 0 Å². The van der Waals surface area contributed by atoms with Crippen LogP contribution in [0.1, 0.15) is 17.3 Å². The lowest BCUT2D eigenvalue weighted by atomic mass is 9.98. The van der Waals surface area contributed by atoms with Crippen LogP contribution in [0.15, 0.2) is 18.2 Å². The Morgan fingerprint density at radius 3 is 2.95 bits per heavy atom. The van der Waals surface area contributed by atoms with Crippen LogP contribution < -0.4 is 15.8 Å².